The molecule has 1 aromatic carbocycles. The molecule has 1 aromatic rings. The van der Waals surface area contributed by atoms with Crippen LogP contribution in [0.1, 0.15) is 31.7 Å². The second-order valence-electron chi connectivity index (χ2n) is 4.91. The average molecular weight is 259 g/mol. The van der Waals surface area contributed by atoms with Gasteiger partial charge in [-0.25, -0.2) is 5.01 Å². The van der Waals surface area contributed by atoms with Crippen molar-refractivity contribution < 1.29 is 4.79 Å². The second kappa shape index (κ2) is 5.97. The summed E-state index contributed by atoms with van der Waals surface area (Å²) in [7, 11) is 0. The van der Waals surface area contributed by atoms with Gasteiger partial charge in [-0.15, -0.1) is 0 Å². The first-order chi connectivity index (χ1) is 9.17. The molecule has 0 aliphatic carbocycles. The van der Waals surface area contributed by atoms with Gasteiger partial charge in [0.2, 0.25) is 0 Å². The Morgan fingerprint density at radius 2 is 2.00 bits per heavy atom. The number of hydrogen-bond acceptors (Lipinski definition) is 3. The molecule has 1 aliphatic rings. The van der Waals surface area contributed by atoms with E-state index in [9.17, 15) is 4.79 Å². The number of carbonyl (C=O) groups is 1. The first-order valence-corrected chi connectivity index (χ1v) is 6.85. The molecule has 0 aromatic heterocycles. The van der Waals surface area contributed by atoms with Gasteiger partial charge in [0, 0.05) is 0 Å². The lowest BCUT2D eigenvalue weighted by atomic mass is 9.96. The Morgan fingerprint density at radius 1 is 1.32 bits per heavy atom. The summed E-state index contributed by atoms with van der Waals surface area (Å²) in [4.78, 5) is 12.4. The highest BCUT2D eigenvalue weighted by atomic mass is 16.2. The molecule has 0 saturated heterocycles. The molecule has 19 heavy (non-hydrogen) atoms. The fourth-order valence-corrected chi connectivity index (χ4v) is 2.34. The Hall–Kier alpha value is -1.68. The van der Waals surface area contributed by atoms with E-state index in [-0.39, 0.29) is 11.8 Å². The minimum absolute atomic E-state index is 0.0779. The molecule has 4 nitrogen and oxygen atoms in total. The van der Waals surface area contributed by atoms with E-state index in [1.807, 2.05) is 38.1 Å². The topological polar surface area (TPSA) is 58.7 Å². The number of amides is 1. The van der Waals surface area contributed by atoms with Gasteiger partial charge in [-0.1, -0.05) is 24.6 Å². The summed E-state index contributed by atoms with van der Waals surface area (Å²) >= 11 is 0. The van der Waals surface area contributed by atoms with E-state index in [2.05, 4.69) is 5.10 Å². The van der Waals surface area contributed by atoms with E-state index in [1.54, 1.807) is 5.01 Å². The third-order valence-corrected chi connectivity index (χ3v) is 3.48. The Morgan fingerprint density at radius 3 is 2.58 bits per heavy atom. The number of nitrogens with two attached hydrogens (primary N) is 1. The SMILES string of the molecule is CCC1=NN(c2ccc(C)cc2)C(=O)C1CCCN. The van der Waals surface area contributed by atoms with Crippen LogP contribution in [0.3, 0.4) is 0 Å². The maximum absolute atomic E-state index is 12.4. The standard InChI is InChI=1S/C15H21N3O/c1-3-14-13(5-4-10-16)15(19)18(17-14)12-8-6-11(2)7-9-12/h6-9,13H,3-5,10,16H2,1-2H3. The summed E-state index contributed by atoms with van der Waals surface area (Å²) in [6.07, 6.45) is 2.46. The van der Waals surface area contributed by atoms with Gasteiger partial charge in [-0.05, 0) is 44.9 Å². The lowest BCUT2D eigenvalue weighted by Gasteiger charge is -2.14. The number of benzene rings is 1. The molecule has 1 amide bonds. The normalized spacial score (nSPS) is 18.9. The van der Waals surface area contributed by atoms with Crippen molar-refractivity contribution >= 4 is 17.3 Å². The second-order valence-corrected chi connectivity index (χ2v) is 4.91. The predicted molar refractivity (Wildman–Crippen MR) is 78.2 cm³/mol. The van der Waals surface area contributed by atoms with Crippen LogP contribution in [0.4, 0.5) is 5.69 Å². The molecule has 0 radical (unpaired) electrons. The molecule has 0 bridgehead atoms. The smallest absolute Gasteiger partial charge is 0.256 e. The van der Waals surface area contributed by atoms with E-state index in [4.69, 9.17) is 5.73 Å². The quantitative estimate of drug-likeness (QED) is 0.883. The molecular formula is C15H21N3O. The van der Waals surface area contributed by atoms with E-state index in [1.165, 1.54) is 5.56 Å². The molecule has 2 rings (SSSR count). The molecule has 1 aliphatic heterocycles. The van der Waals surface area contributed by atoms with Gasteiger partial charge in [-0.2, -0.15) is 5.10 Å². The molecular weight excluding hydrogens is 238 g/mol. The molecule has 1 heterocycles. The third-order valence-electron chi connectivity index (χ3n) is 3.48. The Bertz CT molecular complexity index is 479. The highest BCUT2D eigenvalue weighted by Gasteiger charge is 2.34. The molecule has 2 N–H and O–H groups in total. The predicted octanol–water partition coefficient (Wildman–Crippen LogP) is 2.46. The van der Waals surface area contributed by atoms with Crippen molar-refractivity contribution in [1.29, 1.82) is 0 Å². The third kappa shape index (κ3) is 2.84. The minimum Gasteiger partial charge on any atom is -0.330 e. The van der Waals surface area contributed by atoms with Gasteiger partial charge in [0.25, 0.3) is 5.91 Å². The molecule has 0 spiro atoms. The molecule has 1 unspecified atom stereocenters. The largest absolute Gasteiger partial charge is 0.330 e. The number of aryl methyl sites for hydroxylation is 1. The van der Waals surface area contributed by atoms with Crippen molar-refractivity contribution in [2.45, 2.75) is 33.1 Å². The summed E-state index contributed by atoms with van der Waals surface area (Å²) < 4.78 is 0. The van der Waals surface area contributed by atoms with Crippen molar-refractivity contribution in [2.75, 3.05) is 11.6 Å². The van der Waals surface area contributed by atoms with Crippen LogP contribution >= 0.6 is 0 Å². The van der Waals surface area contributed by atoms with Gasteiger partial charge < -0.3 is 5.73 Å². The monoisotopic (exact) mass is 259 g/mol. The Kier molecular flexibility index (Phi) is 4.32. The van der Waals surface area contributed by atoms with Crippen LogP contribution in [0.5, 0.6) is 0 Å². The van der Waals surface area contributed by atoms with Gasteiger partial charge in [-0.3, -0.25) is 4.79 Å². The first kappa shape index (κ1) is 13.7. The van der Waals surface area contributed by atoms with Crippen LogP contribution in [0.15, 0.2) is 29.4 Å². The van der Waals surface area contributed by atoms with Gasteiger partial charge in [0.1, 0.15) is 0 Å². The summed E-state index contributed by atoms with van der Waals surface area (Å²) in [5, 5.41) is 6.02. The van der Waals surface area contributed by atoms with E-state index in [0.717, 1.165) is 30.7 Å². The van der Waals surface area contributed by atoms with Crippen molar-refractivity contribution in [3.05, 3.63) is 29.8 Å². The van der Waals surface area contributed by atoms with Crippen molar-refractivity contribution in [2.24, 2.45) is 16.8 Å². The number of carbonyl (C=O) groups excluding carboxylic acids is 1. The van der Waals surface area contributed by atoms with E-state index >= 15 is 0 Å². The fourth-order valence-electron chi connectivity index (χ4n) is 2.34. The zero-order chi connectivity index (χ0) is 13.8. The van der Waals surface area contributed by atoms with Crippen molar-refractivity contribution in [3.63, 3.8) is 0 Å². The number of anilines is 1. The molecule has 0 saturated carbocycles. The zero-order valence-corrected chi connectivity index (χ0v) is 11.6. The van der Waals surface area contributed by atoms with Gasteiger partial charge >= 0.3 is 0 Å². The average Bonchev–Trinajstić information content (AvgIpc) is 2.74. The molecule has 0 fully saturated rings. The zero-order valence-electron chi connectivity index (χ0n) is 11.6. The number of rotatable bonds is 5. The number of hydrogen-bond donors (Lipinski definition) is 1. The van der Waals surface area contributed by atoms with E-state index < -0.39 is 0 Å². The van der Waals surface area contributed by atoms with Crippen molar-refractivity contribution in [3.8, 4) is 0 Å². The molecule has 4 heteroatoms. The summed E-state index contributed by atoms with van der Waals surface area (Å²) in [6.45, 7) is 4.69. The van der Waals surface area contributed by atoms with Crippen LogP contribution in [0.2, 0.25) is 0 Å². The van der Waals surface area contributed by atoms with Gasteiger partial charge in [0.15, 0.2) is 0 Å². The summed E-state index contributed by atoms with van der Waals surface area (Å²) in [6, 6.07) is 7.87. The lowest BCUT2D eigenvalue weighted by molar-refractivity contribution is -0.119. The fraction of sp³-hybridized carbons (Fsp3) is 0.467. The van der Waals surface area contributed by atoms with Crippen LogP contribution in [-0.4, -0.2) is 18.2 Å². The number of nitrogens with zero attached hydrogens (tertiary/aromatic N) is 2. The van der Waals surface area contributed by atoms with Crippen LogP contribution in [0.25, 0.3) is 0 Å². The minimum atomic E-state index is -0.0881. The Labute approximate surface area is 114 Å². The highest BCUT2D eigenvalue weighted by molar-refractivity contribution is 6.15. The Balaban J connectivity index is 2.21. The maximum atomic E-state index is 12.4. The summed E-state index contributed by atoms with van der Waals surface area (Å²) in [5.74, 6) is -0.0102. The van der Waals surface area contributed by atoms with Crippen LogP contribution in [-0.2, 0) is 4.79 Å². The first-order valence-electron chi connectivity index (χ1n) is 6.85. The summed E-state index contributed by atoms with van der Waals surface area (Å²) in [5.41, 5.74) is 8.53. The molecule has 1 atom stereocenters. The van der Waals surface area contributed by atoms with Gasteiger partial charge in [0.05, 0.1) is 17.3 Å². The maximum Gasteiger partial charge on any atom is 0.256 e. The highest BCUT2D eigenvalue weighted by Crippen LogP contribution is 2.27. The number of hydrazone groups is 1. The van der Waals surface area contributed by atoms with Crippen molar-refractivity contribution in [1.82, 2.24) is 0 Å². The molecule has 102 valence electrons. The van der Waals surface area contributed by atoms with E-state index in [0.29, 0.717) is 6.54 Å². The lowest BCUT2D eigenvalue weighted by Crippen LogP contribution is -2.27. The van der Waals surface area contributed by atoms with Crippen LogP contribution < -0.4 is 10.7 Å². The van der Waals surface area contributed by atoms with Crippen LogP contribution in [0, 0.1) is 12.8 Å².